The van der Waals surface area contributed by atoms with E-state index in [0.717, 1.165) is 36.7 Å². The molecule has 1 fully saturated rings. The van der Waals surface area contributed by atoms with Crippen LogP contribution in [-0.4, -0.2) is 33.9 Å². The molecule has 1 aliphatic rings. The number of ether oxygens (including phenoxy) is 1. The van der Waals surface area contributed by atoms with E-state index in [9.17, 15) is 17.6 Å². The van der Waals surface area contributed by atoms with Gasteiger partial charge in [0, 0.05) is 5.69 Å². The number of aromatic nitrogens is 3. The van der Waals surface area contributed by atoms with Crippen LogP contribution in [0.15, 0.2) is 59.5 Å². The molecule has 0 saturated carbocycles. The van der Waals surface area contributed by atoms with Gasteiger partial charge in [0.1, 0.15) is 5.69 Å². The molecule has 0 spiro atoms. The van der Waals surface area contributed by atoms with Gasteiger partial charge in [0.2, 0.25) is 5.95 Å². The third kappa shape index (κ3) is 7.32. The molecular formula is C26H26F4N6O. The summed E-state index contributed by atoms with van der Waals surface area (Å²) in [4.78, 5) is 12.3. The maximum absolute atomic E-state index is 14.3. The standard InChI is InChI=1S/C26H26F4N6O/c1-16(2)24-11-17(8-9-37-24)10-23-22(27)15-32-25(35-23)36-33-14-20-6-7-21(13-31-20)34-19-5-3-4-18(12-19)26(28,29)30/h3-7,10,12-16,24,34H,8-9,11H2,1-2H3,(H,32,35,36)/b17-10+,33-14+. The molecule has 11 heteroatoms. The Morgan fingerprint density at radius 2 is 1.95 bits per heavy atom. The highest BCUT2D eigenvalue weighted by Gasteiger charge is 2.30. The molecule has 194 valence electrons. The van der Waals surface area contributed by atoms with Gasteiger partial charge in [-0.25, -0.2) is 19.8 Å². The minimum absolute atomic E-state index is 0.103. The Morgan fingerprint density at radius 1 is 1.11 bits per heavy atom. The minimum Gasteiger partial charge on any atom is -0.377 e. The lowest BCUT2D eigenvalue weighted by atomic mass is 9.94. The molecule has 1 unspecified atom stereocenters. The van der Waals surface area contributed by atoms with E-state index in [2.05, 4.69) is 44.6 Å². The van der Waals surface area contributed by atoms with Crippen LogP contribution in [0.5, 0.6) is 0 Å². The van der Waals surface area contributed by atoms with Crippen LogP contribution in [0.4, 0.5) is 34.9 Å². The zero-order valence-electron chi connectivity index (χ0n) is 20.3. The minimum atomic E-state index is -4.42. The zero-order valence-corrected chi connectivity index (χ0v) is 20.3. The van der Waals surface area contributed by atoms with Gasteiger partial charge in [-0.15, -0.1) is 0 Å². The normalized spacial score (nSPS) is 17.5. The molecule has 0 bridgehead atoms. The molecule has 7 nitrogen and oxygen atoms in total. The maximum atomic E-state index is 14.3. The highest BCUT2D eigenvalue weighted by Crippen LogP contribution is 2.31. The molecule has 1 atom stereocenters. The Kier molecular flexibility index (Phi) is 8.12. The number of alkyl halides is 3. The van der Waals surface area contributed by atoms with Crippen molar-refractivity contribution in [1.29, 1.82) is 0 Å². The van der Waals surface area contributed by atoms with Gasteiger partial charge in [-0.1, -0.05) is 25.5 Å². The third-order valence-electron chi connectivity index (χ3n) is 5.70. The summed E-state index contributed by atoms with van der Waals surface area (Å²) < 4.78 is 58.7. The number of pyridine rings is 1. The highest BCUT2D eigenvalue weighted by atomic mass is 19.4. The second-order valence-electron chi connectivity index (χ2n) is 8.88. The van der Waals surface area contributed by atoms with E-state index in [1.165, 1.54) is 24.5 Å². The van der Waals surface area contributed by atoms with Crippen molar-refractivity contribution >= 4 is 29.6 Å². The summed E-state index contributed by atoms with van der Waals surface area (Å²) in [5.74, 6) is -0.0375. The van der Waals surface area contributed by atoms with Gasteiger partial charge < -0.3 is 10.1 Å². The van der Waals surface area contributed by atoms with Crippen molar-refractivity contribution in [1.82, 2.24) is 15.0 Å². The predicted octanol–water partition coefficient (Wildman–Crippen LogP) is 6.44. The van der Waals surface area contributed by atoms with Crippen LogP contribution in [-0.2, 0) is 10.9 Å². The Hall–Kier alpha value is -3.86. The molecule has 3 aromatic rings. The fourth-order valence-corrected chi connectivity index (χ4v) is 3.70. The van der Waals surface area contributed by atoms with Crippen molar-refractivity contribution in [3.05, 3.63) is 77.1 Å². The van der Waals surface area contributed by atoms with Crippen molar-refractivity contribution in [3.63, 3.8) is 0 Å². The Morgan fingerprint density at radius 3 is 2.68 bits per heavy atom. The summed E-state index contributed by atoms with van der Waals surface area (Å²) in [6.45, 7) is 4.78. The van der Waals surface area contributed by atoms with Crippen molar-refractivity contribution in [2.24, 2.45) is 11.0 Å². The molecule has 0 aliphatic carbocycles. The lowest BCUT2D eigenvalue weighted by molar-refractivity contribution is -0.137. The van der Waals surface area contributed by atoms with Crippen molar-refractivity contribution in [3.8, 4) is 0 Å². The second-order valence-corrected chi connectivity index (χ2v) is 8.88. The van der Waals surface area contributed by atoms with E-state index in [1.54, 1.807) is 18.2 Å². The highest BCUT2D eigenvalue weighted by molar-refractivity contribution is 5.78. The molecule has 3 heterocycles. The first kappa shape index (κ1) is 26.2. The third-order valence-corrected chi connectivity index (χ3v) is 5.70. The first-order valence-electron chi connectivity index (χ1n) is 11.7. The summed E-state index contributed by atoms with van der Waals surface area (Å²) >= 11 is 0. The molecule has 1 aromatic carbocycles. The van der Waals surface area contributed by atoms with E-state index >= 15 is 0 Å². The topological polar surface area (TPSA) is 84.3 Å². The SMILES string of the molecule is CC(C)C1C/C(=C/c2nc(N/N=C/c3ccc(Nc4cccc(C(F)(F)F)c4)cn3)ncc2F)CCO1. The number of halogens is 4. The van der Waals surface area contributed by atoms with Crippen molar-refractivity contribution < 1.29 is 22.3 Å². The number of rotatable bonds is 7. The van der Waals surface area contributed by atoms with Gasteiger partial charge in [-0.3, -0.25) is 4.98 Å². The van der Waals surface area contributed by atoms with Crippen LogP contribution in [0.1, 0.15) is 43.6 Å². The number of hydrazone groups is 1. The molecule has 0 amide bonds. The molecular weight excluding hydrogens is 488 g/mol. The van der Waals surface area contributed by atoms with Gasteiger partial charge >= 0.3 is 6.18 Å². The summed E-state index contributed by atoms with van der Waals surface area (Å²) in [5, 5.41) is 6.93. The van der Waals surface area contributed by atoms with Crippen LogP contribution >= 0.6 is 0 Å². The Labute approximate surface area is 211 Å². The van der Waals surface area contributed by atoms with Crippen LogP contribution in [0.3, 0.4) is 0 Å². The predicted molar refractivity (Wildman–Crippen MR) is 134 cm³/mol. The fraction of sp³-hybridized carbons (Fsp3) is 0.308. The molecule has 37 heavy (non-hydrogen) atoms. The van der Waals surface area contributed by atoms with E-state index in [4.69, 9.17) is 4.74 Å². The maximum Gasteiger partial charge on any atom is 0.416 e. The van der Waals surface area contributed by atoms with E-state index in [1.807, 2.05) is 0 Å². The number of hydrogen-bond acceptors (Lipinski definition) is 7. The monoisotopic (exact) mass is 514 g/mol. The van der Waals surface area contributed by atoms with Gasteiger partial charge in [-0.05, 0) is 55.2 Å². The summed E-state index contributed by atoms with van der Waals surface area (Å²) in [5.41, 5.74) is 4.45. The zero-order chi connectivity index (χ0) is 26.4. The molecule has 1 saturated heterocycles. The lowest BCUT2D eigenvalue weighted by Gasteiger charge is -2.27. The van der Waals surface area contributed by atoms with Crippen LogP contribution in [0.25, 0.3) is 6.08 Å². The summed E-state index contributed by atoms with van der Waals surface area (Å²) in [7, 11) is 0. The van der Waals surface area contributed by atoms with Gasteiger partial charge in [0.05, 0.1) is 48.3 Å². The van der Waals surface area contributed by atoms with Crippen LogP contribution in [0.2, 0.25) is 0 Å². The largest absolute Gasteiger partial charge is 0.416 e. The average molecular weight is 515 g/mol. The van der Waals surface area contributed by atoms with E-state index < -0.39 is 17.6 Å². The summed E-state index contributed by atoms with van der Waals surface area (Å²) in [6, 6.07) is 8.19. The van der Waals surface area contributed by atoms with E-state index in [-0.39, 0.29) is 17.7 Å². The molecule has 2 N–H and O–H groups in total. The number of nitrogens with zero attached hydrogens (tertiary/aromatic N) is 4. The fourth-order valence-electron chi connectivity index (χ4n) is 3.70. The second kappa shape index (κ2) is 11.5. The number of nitrogens with one attached hydrogen (secondary N) is 2. The molecule has 1 aliphatic heterocycles. The molecule has 2 aromatic heterocycles. The van der Waals surface area contributed by atoms with Crippen molar-refractivity contribution in [2.45, 2.75) is 39.0 Å². The molecule has 0 radical (unpaired) electrons. The number of hydrogen-bond donors (Lipinski definition) is 2. The average Bonchev–Trinajstić information content (AvgIpc) is 2.87. The Bertz CT molecular complexity index is 1270. The van der Waals surface area contributed by atoms with Gasteiger partial charge in [0.15, 0.2) is 5.82 Å². The van der Waals surface area contributed by atoms with Gasteiger partial charge in [-0.2, -0.15) is 18.3 Å². The van der Waals surface area contributed by atoms with Crippen LogP contribution < -0.4 is 10.7 Å². The van der Waals surface area contributed by atoms with Crippen molar-refractivity contribution in [2.75, 3.05) is 17.3 Å². The summed E-state index contributed by atoms with van der Waals surface area (Å²) in [6.07, 6.45) is 2.85. The smallest absolute Gasteiger partial charge is 0.377 e. The first-order valence-corrected chi connectivity index (χ1v) is 11.7. The van der Waals surface area contributed by atoms with Gasteiger partial charge in [0.25, 0.3) is 0 Å². The van der Waals surface area contributed by atoms with Crippen LogP contribution in [0, 0.1) is 11.7 Å². The lowest BCUT2D eigenvalue weighted by Crippen LogP contribution is -2.25. The quantitative estimate of drug-likeness (QED) is 0.215. The number of benzene rings is 1. The Balaban J connectivity index is 1.37. The number of anilines is 3. The molecule has 4 rings (SSSR count). The first-order chi connectivity index (χ1) is 17.7. The van der Waals surface area contributed by atoms with E-state index in [0.29, 0.717) is 29.6 Å².